The van der Waals surface area contributed by atoms with Crippen LogP contribution in [0.15, 0.2) is 24.3 Å². The molecule has 1 aromatic rings. The van der Waals surface area contributed by atoms with Crippen molar-refractivity contribution >= 4 is 40.5 Å². The van der Waals surface area contributed by atoms with Gasteiger partial charge >= 0.3 is 0 Å². The monoisotopic (exact) mass is 353 g/mol. The van der Waals surface area contributed by atoms with Crippen LogP contribution in [0.5, 0.6) is 0 Å². The summed E-state index contributed by atoms with van der Waals surface area (Å²) < 4.78 is 0. The second-order valence-electron chi connectivity index (χ2n) is 6.98. The number of anilines is 1. The van der Waals surface area contributed by atoms with Crippen LogP contribution in [0.25, 0.3) is 0 Å². The molecule has 1 unspecified atom stereocenters. The minimum absolute atomic E-state index is 0.183. The van der Waals surface area contributed by atoms with Crippen LogP contribution in [-0.2, 0) is 4.79 Å². The largest absolute Gasteiger partial charge is 0.343 e. The van der Waals surface area contributed by atoms with Gasteiger partial charge in [-0.25, -0.2) is 0 Å². The first-order valence-corrected chi connectivity index (χ1v) is 8.59. The van der Waals surface area contributed by atoms with Crippen LogP contribution in [0, 0.1) is 5.41 Å². The highest BCUT2D eigenvalue weighted by molar-refractivity contribution is 7.80. The summed E-state index contributed by atoms with van der Waals surface area (Å²) in [5, 5.41) is 4.62. The minimum Gasteiger partial charge on any atom is -0.343 e. The average Bonchev–Trinajstić information content (AvgIpc) is 2.47. The first kappa shape index (κ1) is 18.0. The van der Waals surface area contributed by atoms with Gasteiger partial charge in [-0.2, -0.15) is 0 Å². The van der Waals surface area contributed by atoms with Crippen LogP contribution in [0.1, 0.15) is 27.7 Å². The molecule has 1 aliphatic heterocycles. The molecule has 1 aliphatic rings. The molecular formula is C17H24ClN3OS. The molecule has 1 amide bonds. The lowest BCUT2D eigenvalue weighted by atomic mass is 9.94. The summed E-state index contributed by atoms with van der Waals surface area (Å²) in [5.74, 6) is 0.195. The Balaban J connectivity index is 1.96. The van der Waals surface area contributed by atoms with Crippen molar-refractivity contribution in [2.45, 2.75) is 33.7 Å². The van der Waals surface area contributed by atoms with Crippen molar-refractivity contribution < 1.29 is 4.79 Å². The average molecular weight is 354 g/mol. The number of nitrogens with one attached hydrogen (secondary N) is 1. The van der Waals surface area contributed by atoms with E-state index in [9.17, 15) is 4.79 Å². The molecule has 1 saturated heterocycles. The number of hydrogen-bond acceptors (Lipinski definition) is 2. The van der Waals surface area contributed by atoms with Crippen LogP contribution >= 0.6 is 23.8 Å². The Hall–Kier alpha value is -1.33. The minimum atomic E-state index is -0.343. The fourth-order valence-electron chi connectivity index (χ4n) is 2.65. The molecule has 0 radical (unpaired) electrons. The molecule has 4 nitrogen and oxygen atoms in total. The molecular weight excluding hydrogens is 330 g/mol. The van der Waals surface area contributed by atoms with E-state index in [1.165, 1.54) is 0 Å². The van der Waals surface area contributed by atoms with Crippen molar-refractivity contribution in [2.75, 3.05) is 25.0 Å². The first-order valence-electron chi connectivity index (χ1n) is 7.81. The van der Waals surface area contributed by atoms with Gasteiger partial charge in [0, 0.05) is 41.8 Å². The van der Waals surface area contributed by atoms with E-state index in [-0.39, 0.29) is 17.4 Å². The number of benzene rings is 1. The third-order valence-corrected chi connectivity index (χ3v) is 4.50. The van der Waals surface area contributed by atoms with E-state index < -0.39 is 0 Å². The number of amides is 1. The number of thiocarbonyl (C=S) groups is 1. The summed E-state index contributed by atoms with van der Waals surface area (Å²) in [7, 11) is 0. The summed E-state index contributed by atoms with van der Waals surface area (Å²) in [4.78, 5) is 16.5. The van der Waals surface area contributed by atoms with Crippen LogP contribution in [-0.4, -0.2) is 46.5 Å². The SMILES string of the molecule is CC1CN(C(=O)C(C)(C)C)CCN1C(=S)Nc1ccc(Cl)cc1. The van der Waals surface area contributed by atoms with Crippen molar-refractivity contribution in [3.8, 4) is 0 Å². The van der Waals surface area contributed by atoms with Crippen LogP contribution in [0.3, 0.4) is 0 Å². The van der Waals surface area contributed by atoms with Gasteiger partial charge in [-0.15, -0.1) is 0 Å². The number of rotatable bonds is 1. The summed E-state index contributed by atoms with van der Waals surface area (Å²) >= 11 is 11.4. The second-order valence-corrected chi connectivity index (χ2v) is 7.80. The fraction of sp³-hybridized carbons (Fsp3) is 0.529. The number of piperazine rings is 1. The van der Waals surface area contributed by atoms with Crippen LogP contribution < -0.4 is 5.32 Å². The molecule has 1 aromatic carbocycles. The van der Waals surface area contributed by atoms with Gasteiger partial charge < -0.3 is 15.1 Å². The number of carbonyl (C=O) groups excluding carboxylic acids is 1. The van der Waals surface area contributed by atoms with Gasteiger partial charge in [0.2, 0.25) is 5.91 Å². The Kier molecular flexibility index (Phi) is 5.53. The number of halogens is 1. The molecule has 126 valence electrons. The van der Waals surface area contributed by atoms with Gasteiger partial charge in [0.25, 0.3) is 0 Å². The highest BCUT2D eigenvalue weighted by atomic mass is 35.5. The molecule has 1 fully saturated rings. The molecule has 0 aliphatic carbocycles. The first-order chi connectivity index (χ1) is 10.7. The van der Waals surface area contributed by atoms with Crippen molar-refractivity contribution in [2.24, 2.45) is 5.41 Å². The second kappa shape index (κ2) is 7.05. The van der Waals surface area contributed by atoms with E-state index in [0.717, 1.165) is 12.2 Å². The Morgan fingerprint density at radius 1 is 1.26 bits per heavy atom. The van der Waals surface area contributed by atoms with E-state index in [2.05, 4.69) is 17.1 Å². The van der Waals surface area contributed by atoms with Crippen molar-refractivity contribution in [3.63, 3.8) is 0 Å². The molecule has 0 aromatic heterocycles. The van der Waals surface area contributed by atoms with Gasteiger partial charge in [0.05, 0.1) is 0 Å². The molecule has 1 heterocycles. The smallest absolute Gasteiger partial charge is 0.228 e. The van der Waals surface area contributed by atoms with Gasteiger partial charge in [-0.05, 0) is 43.4 Å². The predicted octanol–water partition coefficient (Wildman–Crippen LogP) is 3.62. The van der Waals surface area contributed by atoms with E-state index in [1.807, 2.05) is 49.9 Å². The normalized spacial score (nSPS) is 18.7. The Bertz CT molecular complexity index is 582. The molecule has 0 spiro atoms. The molecule has 6 heteroatoms. The lowest BCUT2D eigenvalue weighted by molar-refractivity contribution is -0.141. The number of nitrogens with zero attached hydrogens (tertiary/aromatic N) is 2. The Labute approximate surface area is 148 Å². The summed E-state index contributed by atoms with van der Waals surface area (Å²) in [6.07, 6.45) is 0. The Morgan fingerprint density at radius 3 is 2.39 bits per heavy atom. The van der Waals surface area contributed by atoms with Gasteiger partial charge in [0.1, 0.15) is 0 Å². The zero-order chi connectivity index (χ0) is 17.2. The standard InChI is InChI=1S/C17H24ClN3OS/c1-12-11-20(15(22)17(2,3)4)9-10-21(12)16(23)19-14-7-5-13(18)6-8-14/h5-8,12H,9-11H2,1-4H3,(H,19,23). The number of carbonyl (C=O) groups is 1. The van der Waals surface area contributed by atoms with Crippen molar-refractivity contribution in [3.05, 3.63) is 29.3 Å². The number of hydrogen-bond donors (Lipinski definition) is 1. The van der Waals surface area contributed by atoms with Gasteiger partial charge in [-0.3, -0.25) is 4.79 Å². The Morgan fingerprint density at radius 2 is 1.87 bits per heavy atom. The summed E-state index contributed by atoms with van der Waals surface area (Å²) in [6.45, 7) is 10.1. The quantitative estimate of drug-likeness (QED) is 0.782. The molecule has 2 rings (SSSR count). The molecule has 0 bridgehead atoms. The van der Waals surface area contributed by atoms with E-state index in [1.54, 1.807) is 0 Å². The van der Waals surface area contributed by atoms with Gasteiger partial charge in [-0.1, -0.05) is 32.4 Å². The summed E-state index contributed by atoms with van der Waals surface area (Å²) in [6, 6.07) is 7.64. The molecule has 1 N–H and O–H groups in total. The van der Waals surface area contributed by atoms with Gasteiger partial charge in [0.15, 0.2) is 5.11 Å². The topological polar surface area (TPSA) is 35.6 Å². The zero-order valence-corrected chi connectivity index (χ0v) is 15.7. The maximum atomic E-state index is 12.4. The summed E-state index contributed by atoms with van der Waals surface area (Å²) in [5.41, 5.74) is 0.573. The molecule has 23 heavy (non-hydrogen) atoms. The fourth-order valence-corrected chi connectivity index (χ4v) is 3.16. The highest BCUT2D eigenvalue weighted by Crippen LogP contribution is 2.21. The van der Waals surface area contributed by atoms with Crippen molar-refractivity contribution in [1.82, 2.24) is 9.80 Å². The van der Waals surface area contributed by atoms with Crippen LogP contribution in [0.2, 0.25) is 5.02 Å². The van der Waals surface area contributed by atoms with Crippen molar-refractivity contribution in [1.29, 1.82) is 0 Å². The van der Waals surface area contributed by atoms with E-state index >= 15 is 0 Å². The molecule has 0 saturated carbocycles. The zero-order valence-electron chi connectivity index (χ0n) is 14.1. The van der Waals surface area contributed by atoms with E-state index in [0.29, 0.717) is 23.2 Å². The lowest BCUT2D eigenvalue weighted by Gasteiger charge is -2.43. The maximum Gasteiger partial charge on any atom is 0.228 e. The highest BCUT2D eigenvalue weighted by Gasteiger charge is 2.33. The van der Waals surface area contributed by atoms with E-state index in [4.69, 9.17) is 23.8 Å². The lowest BCUT2D eigenvalue weighted by Crippen LogP contribution is -2.57. The maximum absolute atomic E-state index is 12.4. The van der Waals surface area contributed by atoms with Crippen LogP contribution in [0.4, 0.5) is 5.69 Å². The predicted molar refractivity (Wildman–Crippen MR) is 99.9 cm³/mol. The third-order valence-electron chi connectivity index (χ3n) is 3.91. The molecule has 1 atom stereocenters. The third kappa shape index (κ3) is 4.58.